The van der Waals surface area contributed by atoms with Crippen LogP contribution < -0.4 is 27.4 Å². The largest absolute Gasteiger partial charge is 0.481 e. The van der Waals surface area contributed by atoms with Crippen LogP contribution in [0.5, 0.6) is 0 Å². The van der Waals surface area contributed by atoms with E-state index in [-0.39, 0.29) is 12.8 Å². The molecule has 3 amide bonds. The number of amides is 3. The van der Waals surface area contributed by atoms with Gasteiger partial charge in [0.25, 0.3) is 0 Å². The van der Waals surface area contributed by atoms with Gasteiger partial charge in [-0.3, -0.25) is 19.2 Å². The van der Waals surface area contributed by atoms with Gasteiger partial charge in [0.1, 0.15) is 24.2 Å². The Morgan fingerprint density at radius 3 is 2.12 bits per heavy atom. The quantitative estimate of drug-likeness (QED) is 0.103. The van der Waals surface area contributed by atoms with Gasteiger partial charge in [-0.15, -0.1) is 0 Å². The van der Waals surface area contributed by atoms with Crippen molar-refractivity contribution in [2.45, 2.75) is 56.3 Å². The maximum absolute atomic E-state index is 12.9. The van der Waals surface area contributed by atoms with E-state index in [2.05, 4.69) is 25.9 Å². The predicted molar refractivity (Wildman–Crippen MR) is 116 cm³/mol. The van der Waals surface area contributed by atoms with E-state index in [9.17, 15) is 29.1 Å². The van der Waals surface area contributed by atoms with E-state index in [1.54, 1.807) is 0 Å². The molecule has 0 saturated carbocycles. The Morgan fingerprint density at radius 1 is 0.971 bits per heavy atom. The molecule has 0 aliphatic carbocycles. The number of carboxylic acid groups (broad SMARTS) is 2. The van der Waals surface area contributed by atoms with Crippen LogP contribution in [0.4, 0.5) is 0 Å². The van der Waals surface area contributed by atoms with Crippen molar-refractivity contribution in [1.29, 1.82) is 0 Å². The Bertz CT molecular complexity index is 833. The summed E-state index contributed by atoms with van der Waals surface area (Å²) in [5.74, 6) is -5.51. The van der Waals surface area contributed by atoms with Crippen molar-refractivity contribution in [1.82, 2.24) is 25.9 Å². The number of nitrogens with zero attached hydrogens (tertiary/aromatic N) is 1. The molecular weight excluding hydrogens is 454 g/mol. The SMILES string of the molecule is NCCCCC(NC(=O)C(Cc1cnc[nH]1)NC(=O)C(CC(=O)O)NC(=O)C(N)CO)C(=O)O. The van der Waals surface area contributed by atoms with Gasteiger partial charge >= 0.3 is 11.9 Å². The molecule has 0 aliphatic rings. The summed E-state index contributed by atoms with van der Waals surface area (Å²) < 4.78 is 0. The molecule has 1 aromatic heterocycles. The highest BCUT2D eigenvalue weighted by Gasteiger charge is 2.31. The number of nitrogens with two attached hydrogens (primary N) is 2. The first-order valence-corrected chi connectivity index (χ1v) is 10.5. The Balaban J connectivity index is 3.03. The maximum atomic E-state index is 12.9. The fourth-order valence-corrected chi connectivity index (χ4v) is 2.87. The summed E-state index contributed by atoms with van der Waals surface area (Å²) in [5.41, 5.74) is 11.2. The molecule has 4 atom stereocenters. The van der Waals surface area contributed by atoms with Gasteiger partial charge in [-0.25, -0.2) is 9.78 Å². The van der Waals surface area contributed by atoms with Crippen LogP contribution in [0.25, 0.3) is 0 Å². The highest BCUT2D eigenvalue weighted by atomic mass is 16.4. The summed E-state index contributed by atoms with van der Waals surface area (Å²) in [6.07, 6.45) is 2.88. The molecule has 0 bridgehead atoms. The van der Waals surface area contributed by atoms with Gasteiger partial charge < -0.3 is 47.7 Å². The number of carbonyl (C=O) groups is 5. The summed E-state index contributed by atoms with van der Waals surface area (Å²) in [7, 11) is 0. The number of hydrogen-bond acceptors (Lipinski definition) is 9. The van der Waals surface area contributed by atoms with Gasteiger partial charge in [-0.2, -0.15) is 0 Å². The van der Waals surface area contributed by atoms with E-state index in [4.69, 9.17) is 21.7 Å². The van der Waals surface area contributed by atoms with Crippen LogP contribution in [0, 0.1) is 0 Å². The highest BCUT2D eigenvalue weighted by Crippen LogP contribution is 2.05. The molecule has 0 spiro atoms. The normalized spacial score (nSPS) is 14.3. The molecule has 34 heavy (non-hydrogen) atoms. The fourth-order valence-electron chi connectivity index (χ4n) is 2.87. The van der Waals surface area contributed by atoms with Crippen LogP contribution in [-0.2, 0) is 30.4 Å². The molecule has 15 heteroatoms. The molecule has 1 heterocycles. The van der Waals surface area contributed by atoms with E-state index in [1.807, 2.05) is 0 Å². The molecule has 1 aromatic rings. The van der Waals surface area contributed by atoms with Crippen molar-refractivity contribution in [3.63, 3.8) is 0 Å². The van der Waals surface area contributed by atoms with E-state index in [0.717, 1.165) is 0 Å². The average molecular weight is 485 g/mol. The Labute approximate surface area is 194 Å². The second kappa shape index (κ2) is 14.6. The molecule has 190 valence electrons. The molecule has 4 unspecified atom stereocenters. The highest BCUT2D eigenvalue weighted by molar-refractivity contribution is 5.95. The third-order valence-corrected chi connectivity index (χ3v) is 4.72. The number of nitrogens with one attached hydrogen (secondary N) is 4. The van der Waals surface area contributed by atoms with Crippen molar-refractivity contribution in [3.8, 4) is 0 Å². The van der Waals surface area contributed by atoms with Crippen LogP contribution >= 0.6 is 0 Å². The van der Waals surface area contributed by atoms with Crippen molar-refractivity contribution >= 4 is 29.7 Å². The third kappa shape index (κ3) is 9.93. The Hall–Kier alpha value is -3.56. The number of aliphatic carboxylic acids is 2. The van der Waals surface area contributed by atoms with Gasteiger partial charge in [-0.05, 0) is 25.8 Å². The molecule has 11 N–H and O–H groups in total. The number of aliphatic hydroxyl groups is 1. The molecule has 0 saturated heterocycles. The van der Waals surface area contributed by atoms with Crippen molar-refractivity contribution < 1.29 is 39.3 Å². The van der Waals surface area contributed by atoms with E-state index in [1.165, 1.54) is 12.5 Å². The minimum Gasteiger partial charge on any atom is -0.481 e. The minimum absolute atomic E-state index is 0.111. The number of hydrogen-bond donors (Lipinski definition) is 9. The first-order valence-electron chi connectivity index (χ1n) is 10.5. The smallest absolute Gasteiger partial charge is 0.326 e. The zero-order chi connectivity index (χ0) is 25.7. The maximum Gasteiger partial charge on any atom is 0.326 e. The fraction of sp³-hybridized carbons (Fsp3) is 0.579. The number of carbonyl (C=O) groups excluding carboxylic acids is 3. The van der Waals surface area contributed by atoms with Crippen LogP contribution in [-0.4, -0.2) is 92.3 Å². The van der Waals surface area contributed by atoms with Crippen molar-refractivity contribution in [2.75, 3.05) is 13.2 Å². The van der Waals surface area contributed by atoms with Crippen molar-refractivity contribution in [2.24, 2.45) is 11.5 Å². The molecule has 0 radical (unpaired) electrons. The number of unbranched alkanes of at least 4 members (excludes halogenated alkanes) is 1. The first kappa shape index (κ1) is 28.5. The third-order valence-electron chi connectivity index (χ3n) is 4.72. The molecule has 15 nitrogen and oxygen atoms in total. The predicted octanol–water partition coefficient (Wildman–Crippen LogP) is -3.59. The standard InChI is InChI=1S/C19H31N7O8/c20-4-2-1-3-12(19(33)34)24-17(31)13(5-10-7-22-9-23-10)26-18(32)14(6-15(28)29)25-16(30)11(21)8-27/h7,9,11-14,27H,1-6,8,20-21H2,(H,22,23)(H,24,31)(H,25,30)(H,26,32)(H,28,29)(H,33,34). The zero-order valence-electron chi connectivity index (χ0n) is 18.4. The lowest BCUT2D eigenvalue weighted by Crippen LogP contribution is -2.58. The number of imidazole rings is 1. The lowest BCUT2D eigenvalue weighted by molar-refractivity contribution is -0.143. The van der Waals surface area contributed by atoms with Crippen LogP contribution in [0.1, 0.15) is 31.4 Å². The number of H-pyrrole nitrogens is 1. The van der Waals surface area contributed by atoms with Crippen molar-refractivity contribution in [3.05, 3.63) is 18.2 Å². The number of aromatic amines is 1. The van der Waals surface area contributed by atoms with Gasteiger partial charge in [0.2, 0.25) is 17.7 Å². The minimum atomic E-state index is -1.61. The monoisotopic (exact) mass is 485 g/mol. The first-order chi connectivity index (χ1) is 16.1. The van der Waals surface area contributed by atoms with E-state index in [0.29, 0.717) is 25.1 Å². The Morgan fingerprint density at radius 2 is 1.59 bits per heavy atom. The summed E-state index contributed by atoms with van der Waals surface area (Å²) in [6.45, 7) is -0.381. The van der Waals surface area contributed by atoms with E-state index < -0.39 is 66.9 Å². The molecule has 1 rings (SSSR count). The van der Waals surface area contributed by atoms with Crippen LogP contribution in [0.2, 0.25) is 0 Å². The van der Waals surface area contributed by atoms with Crippen LogP contribution in [0.3, 0.4) is 0 Å². The lowest BCUT2D eigenvalue weighted by atomic mass is 10.1. The summed E-state index contributed by atoms with van der Waals surface area (Å²) in [5, 5.41) is 34.3. The molecular formula is C19H31N7O8. The summed E-state index contributed by atoms with van der Waals surface area (Å²) in [6, 6.07) is -5.57. The average Bonchev–Trinajstić information content (AvgIpc) is 3.29. The number of rotatable bonds is 16. The van der Waals surface area contributed by atoms with E-state index >= 15 is 0 Å². The second-order valence-electron chi connectivity index (χ2n) is 7.47. The van der Waals surface area contributed by atoms with Gasteiger partial charge in [-0.1, -0.05) is 0 Å². The molecule has 0 aromatic carbocycles. The Kier molecular flexibility index (Phi) is 12.2. The summed E-state index contributed by atoms with van der Waals surface area (Å²) >= 11 is 0. The number of aliphatic hydroxyl groups excluding tert-OH is 1. The number of carboxylic acids is 2. The second-order valence-corrected chi connectivity index (χ2v) is 7.47. The van der Waals surface area contributed by atoms with Gasteiger partial charge in [0.15, 0.2) is 0 Å². The van der Waals surface area contributed by atoms with Gasteiger partial charge in [0, 0.05) is 18.3 Å². The van der Waals surface area contributed by atoms with Gasteiger partial charge in [0.05, 0.1) is 19.4 Å². The zero-order valence-corrected chi connectivity index (χ0v) is 18.4. The van der Waals surface area contributed by atoms with Crippen LogP contribution in [0.15, 0.2) is 12.5 Å². The lowest BCUT2D eigenvalue weighted by Gasteiger charge is -2.24. The summed E-state index contributed by atoms with van der Waals surface area (Å²) in [4.78, 5) is 66.9. The molecule has 0 fully saturated rings. The number of aromatic nitrogens is 2. The topological polar surface area (TPSA) is 263 Å². The molecule has 0 aliphatic heterocycles.